The fourth-order valence-electron chi connectivity index (χ4n) is 6.89. The smallest absolute Gasteiger partial charge is 0.393 e. The Bertz CT molecular complexity index is 718. The molecule has 0 saturated heterocycles. The van der Waals surface area contributed by atoms with Crippen molar-refractivity contribution in [1.82, 2.24) is 0 Å². The molecule has 0 aliphatic heterocycles. The number of fused-ring (bicyclic) bond motifs is 5. The van der Waals surface area contributed by atoms with Gasteiger partial charge in [-0.15, -0.1) is 0 Å². The van der Waals surface area contributed by atoms with Gasteiger partial charge in [-0.2, -0.15) is 8.42 Å². The van der Waals surface area contributed by atoms with E-state index in [1.165, 1.54) is 5.57 Å². The van der Waals surface area contributed by atoms with E-state index in [-0.39, 0.29) is 28.8 Å². The third kappa shape index (κ3) is 2.78. The zero-order valence-corrected chi connectivity index (χ0v) is 16.3. The van der Waals surface area contributed by atoms with E-state index < -0.39 is 22.6 Å². The molecule has 4 aliphatic carbocycles. The predicted octanol–water partition coefficient (Wildman–Crippen LogP) is 2.47. The second kappa shape index (κ2) is 6.01. The van der Waals surface area contributed by atoms with Gasteiger partial charge in [0, 0.05) is 0 Å². The molecule has 0 aromatic heterocycles. The topological polar surface area (TPSA) is 104 Å². The van der Waals surface area contributed by atoms with Crippen molar-refractivity contribution in [3.05, 3.63) is 11.6 Å². The summed E-state index contributed by atoms with van der Waals surface area (Å²) in [6.07, 6.45) is 6.06. The second-order valence-electron chi connectivity index (χ2n) is 9.42. The third-order valence-corrected chi connectivity index (χ3v) is 8.73. The first kappa shape index (κ1) is 18.9. The summed E-state index contributed by atoms with van der Waals surface area (Å²) in [6, 6.07) is 0. The first-order chi connectivity index (χ1) is 12.0. The highest BCUT2D eigenvalue weighted by Crippen LogP contribution is 2.65. The summed E-state index contributed by atoms with van der Waals surface area (Å²) in [4.78, 5) is 0. The van der Waals surface area contributed by atoms with Crippen LogP contribution in [0.5, 0.6) is 0 Å². The minimum Gasteiger partial charge on any atom is -0.393 e. The Kier molecular flexibility index (Phi) is 4.36. The molecule has 0 amide bonds. The molecular formula is C19H30O6S. The van der Waals surface area contributed by atoms with Crippen molar-refractivity contribution in [3.8, 4) is 0 Å². The van der Waals surface area contributed by atoms with Gasteiger partial charge in [0.25, 0.3) is 0 Å². The first-order valence-electron chi connectivity index (χ1n) is 9.77. The highest BCUT2D eigenvalue weighted by molar-refractivity contribution is 7.80. The van der Waals surface area contributed by atoms with Gasteiger partial charge in [0.2, 0.25) is 0 Å². The van der Waals surface area contributed by atoms with Gasteiger partial charge in [-0.3, -0.25) is 4.55 Å². The van der Waals surface area contributed by atoms with Crippen molar-refractivity contribution in [1.29, 1.82) is 0 Å². The Morgan fingerprint density at radius 1 is 1.08 bits per heavy atom. The molecule has 4 rings (SSSR count). The largest absolute Gasteiger partial charge is 0.397 e. The summed E-state index contributed by atoms with van der Waals surface area (Å²) in [5.74, 6) is 0.588. The van der Waals surface area contributed by atoms with Crippen LogP contribution in [0.25, 0.3) is 0 Å². The lowest BCUT2D eigenvalue weighted by Gasteiger charge is -2.58. The van der Waals surface area contributed by atoms with Crippen LogP contribution in [0.1, 0.15) is 58.8 Å². The molecule has 3 N–H and O–H groups in total. The van der Waals surface area contributed by atoms with Gasteiger partial charge in [0.15, 0.2) is 0 Å². The van der Waals surface area contributed by atoms with Crippen molar-refractivity contribution in [2.45, 2.75) is 77.1 Å². The van der Waals surface area contributed by atoms with Gasteiger partial charge in [-0.05, 0) is 73.5 Å². The van der Waals surface area contributed by atoms with E-state index in [4.69, 9.17) is 8.74 Å². The number of hydrogen-bond acceptors (Lipinski definition) is 5. The summed E-state index contributed by atoms with van der Waals surface area (Å²) < 4.78 is 36.7. The van der Waals surface area contributed by atoms with Crippen LogP contribution in [0, 0.1) is 28.6 Å². The van der Waals surface area contributed by atoms with Gasteiger partial charge in [-0.1, -0.05) is 25.5 Å². The van der Waals surface area contributed by atoms with Crippen molar-refractivity contribution in [2.75, 3.05) is 0 Å². The Morgan fingerprint density at radius 3 is 2.50 bits per heavy atom. The molecule has 0 aromatic rings. The van der Waals surface area contributed by atoms with Crippen LogP contribution in [0.3, 0.4) is 0 Å². The van der Waals surface area contributed by atoms with E-state index in [1.807, 2.05) is 6.08 Å². The Hall–Kier alpha value is -0.470. The summed E-state index contributed by atoms with van der Waals surface area (Å²) in [6.45, 7) is 4.33. The molecule has 0 aromatic carbocycles. The summed E-state index contributed by atoms with van der Waals surface area (Å²) >= 11 is 0. The average molecular weight is 387 g/mol. The van der Waals surface area contributed by atoms with Crippen molar-refractivity contribution < 1.29 is 27.4 Å². The Morgan fingerprint density at radius 2 is 1.81 bits per heavy atom. The lowest BCUT2D eigenvalue weighted by molar-refractivity contribution is -0.101. The normalized spacial score (nSPS) is 51.2. The zero-order chi connectivity index (χ0) is 18.9. The number of hydrogen-bond donors (Lipinski definition) is 3. The number of rotatable bonds is 2. The highest BCUT2D eigenvalue weighted by atomic mass is 32.3. The molecule has 4 aliphatic rings. The zero-order valence-electron chi connectivity index (χ0n) is 15.5. The highest BCUT2D eigenvalue weighted by Gasteiger charge is 2.61. The quantitative estimate of drug-likeness (QED) is 0.497. The van der Waals surface area contributed by atoms with E-state index in [9.17, 15) is 18.6 Å². The van der Waals surface area contributed by atoms with Gasteiger partial charge >= 0.3 is 10.4 Å². The minimum atomic E-state index is -4.48. The molecule has 0 heterocycles. The van der Waals surface area contributed by atoms with Gasteiger partial charge < -0.3 is 10.2 Å². The first-order valence-corrected chi connectivity index (χ1v) is 11.1. The van der Waals surface area contributed by atoms with Crippen LogP contribution in [0.4, 0.5) is 0 Å². The molecule has 0 spiro atoms. The average Bonchev–Trinajstić information content (AvgIpc) is 2.84. The van der Waals surface area contributed by atoms with E-state index >= 15 is 0 Å². The maximum atomic E-state index is 11.3. The molecule has 26 heavy (non-hydrogen) atoms. The van der Waals surface area contributed by atoms with E-state index in [0.717, 1.165) is 32.1 Å². The third-order valence-electron chi connectivity index (χ3n) is 8.25. The monoisotopic (exact) mass is 386 g/mol. The van der Waals surface area contributed by atoms with Crippen molar-refractivity contribution in [3.63, 3.8) is 0 Å². The standard InChI is InChI=1S/C19H30O6S/c1-18-7-5-12(20)9-11(18)10-15(21)17-13-3-4-16(25-26(22,23)24)19(13,2)8-6-14(17)18/h10,12-17,20-21H,3-9H2,1-2H3,(H,22,23,24)/t12-,13?,14?,15-,16-,17?,18-,19-/m0/s1. The molecule has 8 atom stereocenters. The molecule has 148 valence electrons. The summed E-state index contributed by atoms with van der Waals surface area (Å²) in [5.41, 5.74) is 0.845. The van der Waals surface area contributed by atoms with Crippen LogP contribution in [0.15, 0.2) is 11.6 Å². The SMILES string of the molecule is C[C@]12CC[C@H](O)CC1=C[C@H](O)C1C2CC[C@@]2(C)C1CC[C@@H]2OS(=O)(=O)O. The molecule has 0 radical (unpaired) electrons. The maximum Gasteiger partial charge on any atom is 0.397 e. The fourth-order valence-corrected chi connectivity index (χ4v) is 7.50. The molecule has 3 saturated carbocycles. The molecular weight excluding hydrogens is 356 g/mol. The van der Waals surface area contributed by atoms with Crippen LogP contribution in [-0.4, -0.2) is 41.5 Å². The number of aliphatic hydroxyl groups excluding tert-OH is 2. The molecule has 6 nitrogen and oxygen atoms in total. The van der Waals surface area contributed by atoms with Crippen LogP contribution < -0.4 is 0 Å². The van der Waals surface area contributed by atoms with Crippen LogP contribution >= 0.6 is 0 Å². The Balaban J connectivity index is 1.67. The molecule has 3 unspecified atom stereocenters. The van der Waals surface area contributed by atoms with Crippen LogP contribution in [0.2, 0.25) is 0 Å². The van der Waals surface area contributed by atoms with Crippen molar-refractivity contribution >= 4 is 10.4 Å². The lowest BCUT2D eigenvalue weighted by atomic mass is 9.47. The fraction of sp³-hybridized carbons (Fsp3) is 0.895. The van der Waals surface area contributed by atoms with E-state index in [1.54, 1.807) is 0 Å². The molecule has 0 bridgehead atoms. The number of aliphatic hydroxyl groups is 2. The summed E-state index contributed by atoms with van der Waals surface area (Å²) in [5, 5.41) is 21.0. The Labute approximate surface area is 155 Å². The van der Waals surface area contributed by atoms with Gasteiger partial charge in [-0.25, -0.2) is 4.18 Å². The van der Waals surface area contributed by atoms with E-state index in [2.05, 4.69) is 13.8 Å². The lowest BCUT2D eigenvalue weighted by Crippen LogP contribution is -2.55. The van der Waals surface area contributed by atoms with Gasteiger partial charge in [0.05, 0.1) is 18.3 Å². The van der Waals surface area contributed by atoms with Gasteiger partial charge in [0.1, 0.15) is 0 Å². The van der Waals surface area contributed by atoms with Crippen molar-refractivity contribution in [2.24, 2.45) is 28.6 Å². The van der Waals surface area contributed by atoms with Crippen LogP contribution in [-0.2, 0) is 14.6 Å². The molecule has 7 heteroatoms. The summed E-state index contributed by atoms with van der Waals surface area (Å²) in [7, 11) is -4.48. The van der Waals surface area contributed by atoms with E-state index in [0.29, 0.717) is 18.8 Å². The second-order valence-corrected chi connectivity index (χ2v) is 10.5. The predicted molar refractivity (Wildman–Crippen MR) is 95.5 cm³/mol. The minimum absolute atomic E-state index is 0.00640. The maximum absolute atomic E-state index is 11.3. The molecule has 3 fully saturated rings.